The van der Waals surface area contributed by atoms with Gasteiger partial charge in [-0.1, -0.05) is 20.8 Å². The number of aromatic nitrogens is 2. The number of hydrogen-bond acceptors (Lipinski definition) is 1. The second-order valence-corrected chi connectivity index (χ2v) is 5.86. The largest absolute Gasteiger partial charge is 0.270 e. The van der Waals surface area contributed by atoms with E-state index in [0.29, 0.717) is 11.5 Å². The van der Waals surface area contributed by atoms with E-state index in [-0.39, 0.29) is 0 Å². The molecule has 0 spiro atoms. The second-order valence-electron chi connectivity index (χ2n) is 5.86. The van der Waals surface area contributed by atoms with Gasteiger partial charge in [-0.3, -0.25) is 4.68 Å². The maximum absolute atomic E-state index is 4.34. The third-order valence-electron chi connectivity index (χ3n) is 3.82. The fraction of sp³-hybridized carbons (Fsp3) is 0.769. The topological polar surface area (TPSA) is 17.8 Å². The highest BCUT2D eigenvalue weighted by atomic mass is 15.3. The molecule has 1 aliphatic carbocycles. The quantitative estimate of drug-likeness (QED) is 0.685. The van der Waals surface area contributed by atoms with Gasteiger partial charge in [0.15, 0.2) is 0 Å². The van der Waals surface area contributed by atoms with Gasteiger partial charge in [-0.05, 0) is 43.1 Å². The lowest BCUT2D eigenvalue weighted by atomic mass is 9.71. The summed E-state index contributed by atoms with van der Waals surface area (Å²) in [6.45, 7) is 7.10. The van der Waals surface area contributed by atoms with E-state index < -0.39 is 0 Å². The summed E-state index contributed by atoms with van der Waals surface area (Å²) < 4.78 is 2.14. The van der Waals surface area contributed by atoms with Gasteiger partial charge in [0.1, 0.15) is 0 Å². The molecule has 2 rings (SSSR count). The van der Waals surface area contributed by atoms with Crippen LogP contribution in [0, 0.1) is 11.3 Å². The molecule has 0 radical (unpaired) electrons. The van der Waals surface area contributed by atoms with Crippen LogP contribution in [0.2, 0.25) is 0 Å². The molecule has 2 heteroatoms. The van der Waals surface area contributed by atoms with Crippen molar-refractivity contribution >= 4 is 0 Å². The number of nitrogens with zero attached hydrogens (tertiary/aromatic N) is 2. The zero-order chi connectivity index (χ0) is 10.9. The van der Waals surface area contributed by atoms with Crippen LogP contribution < -0.4 is 0 Å². The van der Waals surface area contributed by atoms with Crippen molar-refractivity contribution in [2.45, 2.75) is 52.5 Å². The normalized spacial score (nSPS) is 27.9. The first-order valence-corrected chi connectivity index (χ1v) is 6.06. The van der Waals surface area contributed by atoms with E-state index in [0.717, 1.165) is 5.92 Å². The number of rotatable bonds is 1. The highest BCUT2D eigenvalue weighted by Crippen LogP contribution is 2.40. The Labute approximate surface area is 92.7 Å². The molecule has 0 unspecified atom stereocenters. The molecule has 0 bridgehead atoms. The second kappa shape index (κ2) is 3.99. The summed E-state index contributed by atoms with van der Waals surface area (Å²) in [5.74, 6) is 0.893. The Morgan fingerprint density at radius 3 is 2.27 bits per heavy atom. The number of hydrogen-bond donors (Lipinski definition) is 0. The van der Waals surface area contributed by atoms with Crippen molar-refractivity contribution in [3.05, 3.63) is 18.5 Å². The molecule has 1 heterocycles. The Balaban J connectivity index is 1.93. The fourth-order valence-corrected chi connectivity index (χ4v) is 2.70. The van der Waals surface area contributed by atoms with Gasteiger partial charge in [-0.15, -0.1) is 0 Å². The van der Waals surface area contributed by atoms with Crippen molar-refractivity contribution in [1.82, 2.24) is 9.78 Å². The average Bonchev–Trinajstić information content (AvgIpc) is 2.69. The standard InChI is InChI=1S/C13H22N2/c1-13(2,3)11-5-7-12(8-6-11)15-10-4-9-14-15/h4,9-12H,5-8H2,1-3H3. The summed E-state index contributed by atoms with van der Waals surface area (Å²) in [5.41, 5.74) is 0.481. The van der Waals surface area contributed by atoms with Crippen LogP contribution in [0.25, 0.3) is 0 Å². The lowest BCUT2D eigenvalue weighted by molar-refractivity contribution is 0.148. The highest BCUT2D eigenvalue weighted by molar-refractivity contribution is 4.86. The Hall–Kier alpha value is -0.790. The fourth-order valence-electron chi connectivity index (χ4n) is 2.70. The lowest BCUT2D eigenvalue weighted by Gasteiger charge is -2.36. The summed E-state index contributed by atoms with van der Waals surface area (Å²) in [5, 5.41) is 4.34. The molecule has 1 fully saturated rings. The van der Waals surface area contributed by atoms with Crippen LogP contribution >= 0.6 is 0 Å². The molecule has 0 atom stereocenters. The van der Waals surface area contributed by atoms with Crippen LogP contribution in [0.15, 0.2) is 18.5 Å². The van der Waals surface area contributed by atoms with Crippen LogP contribution in [0.4, 0.5) is 0 Å². The maximum Gasteiger partial charge on any atom is 0.0519 e. The predicted octanol–water partition coefficient (Wildman–Crippen LogP) is 3.66. The van der Waals surface area contributed by atoms with Crippen molar-refractivity contribution in [3.8, 4) is 0 Å². The van der Waals surface area contributed by atoms with Gasteiger partial charge >= 0.3 is 0 Å². The Kier molecular flexibility index (Phi) is 2.85. The molecule has 1 aromatic rings. The molecule has 2 nitrogen and oxygen atoms in total. The summed E-state index contributed by atoms with van der Waals surface area (Å²) >= 11 is 0. The molecule has 0 aromatic carbocycles. The molecule has 0 N–H and O–H groups in total. The molecule has 0 saturated heterocycles. The Morgan fingerprint density at radius 2 is 1.80 bits per heavy atom. The molecule has 0 amide bonds. The Bertz CT molecular complexity index is 287. The van der Waals surface area contributed by atoms with Crippen LogP contribution in [-0.2, 0) is 0 Å². The minimum Gasteiger partial charge on any atom is -0.270 e. The summed E-state index contributed by atoms with van der Waals surface area (Å²) in [7, 11) is 0. The van der Waals surface area contributed by atoms with Gasteiger partial charge in [-0.2, -0.15) is 5.10 Å². The third kappa shape index (κ3) is 2.42. The first-order chi connectivity index (χ1) is 7.07. The zero-order valence-corrected chi connectivity index (χ0v) is 10.1. The van der Waals surface area contributed by atoms with Crippen LogP contribution in [0.5, 0.6) is 0 Å². The van der Waals surface area contributed by atoms with Crippen molar-refractivity contribution in [1.29, 1.82) is 0 Å². The summed E-state index contributed by atoms with van der Waals surface area (Å²) in [4.78, 5) is 0. The zero-order valence-electron chi connectivity index (χ0n) is 10.1. The van der Waals surface area contributed by atoms with E-state index in [4.69, 9.17) is 0 Å². The first-order valence-electron chi connectivity index (χ1n) is 6.06. The van der Waals surface area contributed by atoms with E-state index in [1.807, 2.05) is 12.3 Å². The van der Waals surface area contributed by atoms with Gasteiger partial charge in [0, 0.05) is 12.4 Å². The minimum absolute atomic E-state index is 0.481. The SMILES string of the molecule is CC(C)(C)C1CCC(n2cccn2)CC1. The third-order valence-corrected chi connectivity index (χ3v) is 3.82. The highest BCUT2D eigenvalue weighted by Gasteiger charge is 2.30. The van der Waals surface area contributed by atoms with Crippen LogP contribution in [-0.4, -0.2) is 9.78 Å². The molecule has 15 heavy (non-hydrogen) atoms. The van der Waals surface area contributed by atoms with E-state index in [1.54, 1.807) is 0 Å². The monoisotopic (exact) mass is 206 g/mol. The predicted molar refractivity (Wildman–Crippen MR) is 62.7 cm³/mol. The maximum atomic E-state index is 4.34. The van der Waals surface area contributed by atoms with E-state index in [9.17, 15) is 0 Å². The Morgan fingerprint density at radius 1 is 1.13 bits per heavy atom. The smallest absolute Gasteiger partial charge is 0.0519 e. The van der Waals surface area contributed by atoms with Crippen molar-refractivity contribution in [2.24, 2.45) is 11.3 Å². The van der Waals surface area contributed by atoms with Crippen molar-refractivity contribution < 1.29 is 0 Å². The average molecular weight is 206 g/mol. The molecule has 1 aliphatic rings. The molecular formula is C13H22N2. The van der Waals surface area contributed by atoms with Crippen molar-refractivity contribution in [2.75, 3.05) is 0 Å². The van der Waals surface area contributed by atoms with Gasteiger partial charge in [0.05, 0.1) is 6.04 Å². The molecular weight excluding hydrogens is 184 g/mol. The summed E-state index contributed by atoms with van der Waals surface area (Å²) in [6, 6.07) is 2.68. The molecule has 1 aromatic heterocycles. The van der Waals surface area contributed by atoms with Crippen LogP contribution in [0.3, 0.4) is 0 Å². The van der Waals surface area contributed by atoms with Gasteiger partial charge in [-0.25, -0.2) is 0 Å². The first kappa shape index (κ1) is 10.7. The van der Waals surface area contributed by atoms with Gasteiger partial charge in [0.2, 0.25) is 0 Å². The lowest BCUT2D eigenvalue weighted by Crippen LogP contribution is -2.27. The molecule has 1 saturated carbocycles. The van der Waals surface area contributed by atoms with E-state index in [1.165, 1.54) is 25.7 Å². The molecule has 0 aliphatic heterocycles. The summed E-state index contributed by atoms with van der Waals surface area (Å²) in [6.07, 6.45) is 9.28. The van der Waals surface area contributed by atoms with Gasteiger partial charge < -0.3 is 0 Å². The molecule has 84 valence electrons. The van der Waals surface area contributed by atoms with Crippen LogP contribution in [0.1, 0.15) is 52.5 Å². The van der Waals surface area contributed by atoms with Crippen molar-refractivity contribution in [3.63, 3.8) is 0 Å². The van der Waals surface area contributed by atoms with Gasteiger partial charge in [0.25, 0.3) is 0 Å². The van der Waals surface area contributed by atoms with E-state index in [2.05, 4.69) is 36.7 Å². The van der Waals surface area contributed by atoms with E-state index >= 15 is 0 Å². The minimum atomic E-state index is 0.481.